The van der Waals surface area contributed by atoms with Gasteiger partial charge in [0.15, 0.2) is 0 Å². The highest BCUT2D eigenvalue weighted by molar-refractivity contribution is 6.66. The molecule has 0 amide bonds. The first-order chi connectivity index (χ1) is 15.4. The lowest BCUT2D eigenvalue weighted by molar-refractivity contribution is 0.106. The molecule has 164 valence electrons. The van der Waals surface area contributed by atoms with E-state index in [4.69, 9.17) is 9.39 Å². The van der Waals surface area contributed by atoms with E-state index in [0.717, 1.165) is 24.2 Å². The zero-order valence-corrected chi connectivity index (χ0v) is 19.8. The quantitative estimate of drug-likeness (QED) is 0.546. The third kappa shape index (κ3) is 3.37. The van der Waals surface area contributed by atoms with Crippen LogP contribution in [0, 0.1) is 27.7 Å². The summed E-state index contributed by atoms with van der Waals surface area (Å²) in [5, 5.41) is 0. The molecule has 0 saturated carbocycles. The summed E-state index contributed by atoms with van der Waals surface area (Å²) in [5.41, 5.74) is 8.21. The normalized spacial score (nSPS) is 19.9. The average Bonchev–Trinajstić information content (AvgIpc) is 3.34. The van der Waals surface area contributed by atoms with Crippen LogP contribution in [0.25, 0.3) is 0 Å². The van der Waals surface area contributed by atoms with Crippen LogP contribution < -0.4 is 10.2 Å². The van der Waals surface area contributed by atoms with Crippen molar-refractivity contribution in [1.29, 1.82) is 0 Å². The van der Waals surface area contributed by atoms with Gasteiger partial charge in [-0.15, -0.1) is 0 Å². The van der Waals surface area contributed by atoms with Gasteiger partial charge in [0.2, 0.25) is 0 Å². The number of aryl methyl sites for hydroxylation is 4. The molecule has 5 rings (SSSR count). The Morgan fingerprint density at radius 2 is 1.44 bits per heavy atom. The van der Waals surface area contributed by atoms with Gasteiger partial charge in [-0.2, -0.15) is 0 Å². The molecule has 0 N–H and O–H groups in total. The molecule has 4 heteroatoms. The van der Waals surface area contributed by atoms with Gasteiger partial charge in [0, 0.05) is 11.5 Å². The summed E-state index contributed by atoms with van der Waals surface area (Å²) in [6.45, 7) is 9.77. The van der Waals surface area contributed by atoms with E-state index in [-0.39, 0.29) is 13.1 Å². The first-order valence-corrected chi connectivity index (χ1v) is 11.7. The Labute approximate surface area is 192 Å². The van der Waals surface area contributed by atoms with Crippen molar-refractivity contribution in [3.8, 4) is 5.75 Å². The van der Waals surface area contributed by atoms with Crippen LogP contribution in [0.3, 0.4) is 0 Å². The first-order valence-electron chi connectivity index (χ1n) is 11.7. The number of benzene rings is 3. The molecule has 2 aliphatic heterocycles. The van der Waals surface area contributed by atoms with Gasteiger partial charge in [0.25, 0.3) is 0 Å². The largest absolute Gasteiger partial charge is 0.497 e. The van der Waals surface area contributed by atoms with Gasteiger partial charge in [-0.25, -0.2) is 0 Å². The van der Waals surface area contributed by atoms with Crippen molar-refractivity contribution in [2.45, 2.75) is 52.2 Å². The maximum absolute atomic E-state index is 7.28. The lowest BCUT2D eigenvalue weighted by atomic mass is 9.71. The van der Waals surface area contributed by atoms with E-state index in [1.54, 1.807) is 7.11 Å². The summed E-state index contributed by atoms with van der Waals surface area (Å²) in [4.78, 5) is 2.56. The molecule has 3 nitrogen and oxygen atoms in total. The minimum Gasteiger partial charge on any atom is -0.497 e. The van der Waals surface area contributed by atoms with Crippen LogP contribution in [-0.2, 0) is 10.3 Å². The number of para-hydroxylation sites is 1. The average molecular weight is 425 g/mol. The third-order valence-corrected chi connectivity index (χ3v) is 7.07. The van der Waals surface area contributed by atoms with E-state index in [1.165, 1.54) is 39.8 Å². The number of ether oxygens (including phenoxy) is 1. The standard InChI is InChI=1S/C28H32BNO2/c1-19-13-20(2)16-23(15-19)28(24-17-21(3)14-22(4)18-24)27-11-8-12-30(27)29(32-28)25-9-6-7-10-26(25)31-5/h6-7,9-10,13-18,27H,8,11-12H2,1-5H3/t27-/m0/s1. The van der Waals surface area contributed by atoms with Gasteiger partial charge < -0.3 is 14.2 Å². The topological polar surface area (TPSA) is 21.7 Å². The second-order valence-corrected chi connectivity index (χ2v) is 9.60. The summed E-state index contributed by atoms with van der Waals surface area (Å²) in [7, 11) is 1.61. The molecule has 0 radical (unpaired) electrons. The SMILES string of the molecule is COc1ccccc1B1OC(c2cc(C)cc(C)c2)(c2cc(C)cc(C)c2)[C@@H]2CCCN12. The van der Waals surface area contributed by atoms with Crippen molar-refractivity contribution in [3.63, 3.8) is 0 Å². The first kappa shape index (κ1) is 21.3. The smallest absolute Gasteiger partial charge is 0.423 e. The van der Waals surface area contributed by atoms with Crippen molar-refractivity contribution >= 4 is 12.5 Å². The van der Waals surface area contributed by atoms with Gasteiger partial charge in [-0.1, -0.05) is 76.9 Å². The number of rotatable bonds is 4. The summed E-state index contributed by atoms with van der Waals surface area (Å²) in [5.74, 6) is 0.889. The molecule has 0 aromatic heterocycles. The Bertz CT molecular complexity index is 1070. The lowest BCUT2D eigenvalue weighted by Gasteiger charge is -2.37. The molecule has 2 heterocycles. The molecule has 32 heavy (non-hydrogen) atoms. The Kier molecular flexibility index (Phi) is 5.39. The molecule has 2 saturated heterocycles. The predicted octanol–water partition coefficient (Wildman–Crippen LogP) is 5.06. The lowest BCUT2D eigenvalue weighted by Crippen LogP contribution is -2.46. The van der Waals surface area contributed by atoms with E-state index in [2.05, 4.69) is 81.0 Å². The molecule has 3 aromatic rings. The molecular weight excluding hydrogens is 393 g/mol. The molecule has 0 bridgehead atoms. The minimum atomic E-state index is -0.518. The number of methoxy groups -OCH3 is 1. The number of nitrogens with zero attached hydrogens (tertiary/aromatic N) is 1. The Morgan fingerprint density at radius 1 is 0.875 bits per heavy atom. The third-order valence-electron chi connectivity index (χ3n) is 7.07. The fourth-order valence-electron chi connectivity index (χ4n) is 6.01. The zero-order chi connectivity index (χ0) is 22.5. The van der Waals surface area contributed by atoms with Gasteiger partial charge in [-0.3, -0.25) is 0 Å². The molecule has 0 unspecified atom stereocenters. The van der Waals surface area contributed by atoms with Crippen LogP contribution in [0.5, 0.6) is 5.75 Å². The van der Waals surface area contributed by atoms with Crippen LogP contribution in [0.4, 0.5) is 0 Å². The molecule has 0 spiro atoms. The second-order valence-electron chi connectivity index (χ2n) is 9.60. The fraction of sp³-hybridized carbons (Fsp3) is 0.357. The van der Waals surface area contributed by atoms with Crippen LogP contribution in [-0.4, -0.2) is 31.6 Å². The number of hydrogen-bond acceptors (Lipinski definition) is 3. The Morgan fingerprint density at radius 3 is 2.00 bits per heavy atom. The van der Waals surface area contributed by atoms with Gasteiger partial charge in [0.05, 0.1) is 7.11 Å². The highest BCUT2D eigenvalue weighted by Gasteiger charge is 2.59. The van der Waals surface area contributed by atoms with E-state index in [1.807, 2.05) is 12.1 Å². The van der Waals surface area contributed by atoms with Gasteiger partial charge in [0.1, 0.15) is 11.4 Å². The van der Waals surface area contributed by atoms with E-state index >= 15 is 0 Å². The molecule has 3 aromatic carbocycles. The second kappa shape index (κ2) is 8.10. The maximum Gasteiger partial charge on any atom is 0.423 e. The molecule has 0 aliphatic carbocycles. The van der Waals surface area contributed by atoms with Crippen molar-refractivity contribution in [1.82, 2.24) is 4.81 Å². The van der Waals surface area contributed by atoms with Crippen LogP contribution in [0.2, 0.25) is 0 Å². The van der Waals surface area contributed by atoms with Gasteiger partial charge >= 0.3 is 7.05 Å². The van der Waals surface area contributed by atoms with Crippen molar-refractivity contribution in [3.05, 3.63) is 94.0 Å². The van der Waals surface area contributed by atoms with E-state index in [0.29, 0.717) is 0 Å². The maximum atomic E-state index is 7.28. The molecule has 2 fully saturated rings. The Balaban J connectivity index is 1.76. The summed E-state index contributed by atoms with van der Waals surface area (Å²) in [6.07, 6.45) is 2.29. The van der Waals surface area contributed by atoms with Crippen LogP contribution >= 0.6 is 0 Å². The van der Waals surface area contributed by atoms with E-state index < -0.39 is 5.60 Å². The molecule has 1 atom stereocenters. The van der Waals surface area contributed by atoms with Crippen molar-refractivity contribution < 1.29 is 9.39 Å². The molecular formula is C28H32BNO2. The molecule has 2 aliphatic rings. The van der Waals surface area contributed by atoms with E-state index in [9.17, 15) is 0 Å². The summed E-state index contributed by atoms with van der Waals surface area (Å²) in [6, 6.07) is 22.4. The monoisotopic (exact) mass is 425 g/mol. The van der Waals surface area contributed by atoms with Crippen LogP contribution in [0.1, 0.15) is 46.2 Å². The predicted molar refractivity (Wildman–Crippen MR) is 132 cm³/mol. The minimum absolute atomic E-state index is 0.139. The zero-order valence-electron chi connectivity index (χ0n) is 19.8. The number of fused-ring (bicyclic) bond motifs is 1. The highest BCUT2D eigenvalue weighted by Crippen LogP contribution is 2.50. The highest BCUT2D eigenvalue weighted by atomic mass is 16.5. The van der Waals surface area contributed by atoms with Crippen molar-refractivity contribution in [2.75, 3.05) is 13.7 Å². The number of hydrogen-bond donors (Lipinski definition) is 0. The summed E-state index contributed by atoms with van der Waals surface area (Å²) < 4.78 is 13.0. The summed E-state index contributed by atoms with van der Waals surface area (Å²) >= 11 is 0. The van der Waals surface area contributed by atoms with Crippen molar-refractivity contribution in [2.24, 2.45) is 0 Å². The fourth-order valence-corrected chi connectivity index (χ4v) is 6.01. The Hall–Kier alpha value is -2.56. The van der Waals surface area contributed by atoms with Crippen LogP contribution in [0.15, 0.2) is 60.7 Å². The van der Waals surface area contributed by atoms with Gasteiger partial charge in [-0.05, 0) is 64.3 Å².